The third-order valence-electron chi connectivity index (χ3n) is 2.92. The minimum Gasteiger partial charge on any atom is -0.392 e. The van der Waals surface area contributed by atoms with E-state index in [2.05, 4.69) is 4.40 Å². The van der Waals surface area contributed by atoms with Gasteiger partial charge in [-0.1, -0.05) is 42.1 Å². The van der Waals surface area contributed by atoms with Crippen molar-refractivity contribution in [3.63, 3.8) is 0 Å². The highest BCUT2D eigenvalue weighted by Crippen LogP contribution is 2.34. The molecule has 3 rings (SSSR count). The molecule has 0 bridgehead atoms. The molecule has 102 valence electrons. The van der Waals surface area contributed by atoms with Crippen LogP contribution in [-0.4, -0.2) is 18.6 Å². The summed E-state index contributed by atoms with van der Waals surface area (Å²) in [6.45, 7) is -0.0108. The van der Waals surface area contributed by atoms with Gasteiger partial charge in [0.15, 0.2) is 0 Å². The van der Waals surface area contributed by atoms with Crippen LogP contribution in [-0.2, 0) is 16.6 Å². The van der Waals surface area contributed by atoms with E-state index >= 15 is 0 Å². The summed E-state index contributed by atoms with van der Waals surface area (Å²) in [6.07, 6.45) is 0. The molecule has 0 spiro atoms. The van der Waals surface area contributed by atoms with Gasteiger partial charge in [0.25, 0.3) is 10.0 Å². The molecule has 2 aromatic rings. The number of sulfonamides is 1. The van der Waals surface area contributed by atoms with Gasteiger partial charge in [0.2, 0.25) is 0 Å². The Morgan fingerprint density at radius 1 is 1.05 bits per heavy atom. The van der Waals surface area contributed by atoms with Crippen molar-refractivity contribution in [2.45, 2.75) is 16.4 Å². The van der Waals surface area contributed by atoms with Gasteiger partial charge in [-0.3, -0.25) is 0 Å². The van der Waals surface area contributed by atoms with Crippen LogP contribution in [0.3, 0.4) is 0 Å². The van der Waals surface area contributed by atoms with Crippen LogP contribution in [0, 0.1) is 0 Å². The standard InChI is InChI=1S/C14H11NO3S2/c16-9-10-5-7-11(8-6-10)19-14-12-3-1-2-4-13(12)20(17,18)15-14/h1-8,16H,9H2. The summed E-state index contributed by atoms with van der Waals surface area (Å²) in [7, 11) is -3.56. The number of nitrogens with zero attached hydrogens (tertiary/aromatic N) is 1. The summed E-state index contributed by atoms with van der Waals surface area (Å²) in [5, 5.41) is 9.49. The van der Waals surface area contributed by atoms with E-state index in [0.29, 0.717) is 10.6 Å². The topological polar surface area (TPSA) is 66.7 Å². The first-order chi connectivity index (χ1) is 9.60. The SMILES string of the molecule is O=S1(=O)N=C(Sc2ccc(CO)cc2)c2ccccc21. The van der Waals surface area contributed by atoms with Crippen molar-refractivity contribution in [1.29, 1.82) is 0 Å². The molecule has 1 aliphatic heterocycles. The molecule has 1 aliphatic rings. The lowest BCUT2D eigenvalue weighted by Gasteiger charge is -2.03. The molecule has 0 radical (unpaired) electrons. The predicted molar refractivity (Wildman–Crippen MR) is 78.4 cm³/mol. The van der Waals surface area contributed by atoms with Crippen LogP contribution in [0.2, 0.25) is 0 Å². The smallest absolute Gasteiger partial charge is 0.284 e. The fourth-order valence-electron chi connectivity index (χ4n) is 1.92. The highest BCUT2D eigenvalue weighted by Gasteiger charge is 2.28. The van der Waals surface area contributed by atoms with Crippen molar-refractivity contribution in [2.75, 3.05) is 0 Å². The van der Waals surface area contributed by atoms with Crippen molar-refractivity contribution < 1.29 is 13.5 Å². The molecular weight excluding hydrogens is 294 g/mol. The van der Waals surface area contributed by atoms with Crippen LogP contribution < -0.4 is 0 Å². The van der Waals surface area contributed by atoms with E-state index in [1.54, 1.807) is 36.4 Å². The Bertz CT molecular complexity index is 780. The number of aliphatic hydroxyl groups excluding tert-OH is 1. The molecule has 0 unspecified atom stereocenters. The quantitative estimate of drug-likeness (QED) is 0.925. The van der Waals surface area contributed by atoms with Gasteiger partial charge in [0.1, 0.15) is 5.04 Å². The summed E-state index contributed by atoms with van der Waals surface area (Å²) in [6, 6.07) is 14.1. The molecule has 1 N–H and O–H groups in total. The van der Waals surface area contributed by atoms with Crippen LogP contribution in [0.1, 0.15) is 11.1 Å². The average molecular weight is 305 g/mol. The molecule has 0 amide bonds. The third kappa shape index (κ3) is 2.37. The Labute approximate surface area is 121 Å². The molecule has 20 heavy (non-hydrogen) atoms. The molecule has 4 nitrogen and oxygen atoms in total. The zero-order valence-electron chi connectivity index (χ0n) is 10.4. The number of thioether (sulfide) groups is 1. The second-order valence-electron chi connectivity index (χ2n) is 4.27. The van der Waals surface area contributed by atoms with Gasteiger partial charge in [0, 0.05) is 10.5 Å². The lowest BCUT2D eigenvalue weighted by atomic mass is 10.2. The van der Waals surface area contributed by atoms with Gasteiger partial charge in [-0.25, -0.2) is 0 Å². The van der Waals surface area contributed by atoms with E-state index in [1.807, 2.05) is 12.1 Å². The fourth-order valence-corrected chi connectivity index (χ4v) is 4.32. The van der Waals surface area contributed by atoms with E-state index < -0.39 is 10.0 Å². The minimum atomic E-state index is -3.56. The number of hydrogen-bond donors (Lipinski definition) is 1. The molecule has 0 atom stereocenters. The maximum Gasteiger partial charge on any atom is 0.284 e. The Hall–Kier alpha value is -1.63. The molecule has 1 heterocycles. The van der Waals surface area contributed by atoms with Gasteiger partial charge in [-0.15, -0.1) is 0 Å². The first-order valence-electron chi connectivity index (χ1n) is 5.92. The van der Waals surface area contributed by atoms with Gasteiger partial charge in [-0.05, 0) is 23.8 Å². The summed E-state index contributed by atoms with van der Waals surface area (Å²) < 4.78 is 27.7. The number of rotatable bonds is 2. The normalized spacial score (nSPS) is 15.8. The Morgan fingerprint density at radius 2 is 1.75 bits per heavy atom. The van der Waals surface area contributed by atoms with Crippen LogP contribution in [0.25, 0.3) is 0 Å². The van der Waals surface area contributed by atoms with Crippen molar-refractivity contribution in [1.82, 2.24) is 0 Å². The molecular formula is C14H11NO3S2. The van der Waals surface area contributed by atoms with E-state index in [0.717, 1.165) is 10.5 Å². The average Bonchev–Trinajstić information content (AvgIpc) is 2.72. The largest absolute Gasteiger partial charge is 0.392 e. The Kier molecular flexibility index (Phi) is 3.37. The molecule has 0 aromatic heterocycles. The zero-order chi connectivity index (χ0) is 14.2. The first-order valence-corrected chi connectivity index (χ1v) is 8.18. The summed E-state index contributed by atoms with van der Waals surface area (Å²) in [5.41, 5.74) is 1.46. The lowest BCUT2D eigenvalue weighted by Crippen LogP contribution is -1.93. The highest BCUT2D eigenvalue weighted by atomic mass is 32.2. The Balaban J connectivity index is 1.95. The summed E-state index contributed by atoms with van der Waals surface area (Å²) in [5.74, 6) is 0. The van der Waals surface area contributed by atoms with E-state index in [1.165, 1.54) is 11.8 Å². The zero-order valence-corrected chi connectivity index (χ0v) is 12.0. The van der Waals surface area contributed by atoms with Crippen molar-refractivity contribution >= 4 is 26.8 Å². The summed E-state index contributed by atoms with van der Waals surface area (Å²) in [4.78, 5) is 1.14. The van der Waals surface area contributed by atoms with Crippen LogP contribution in [0.4, 0.5) is 0 Å². The maximum atomic E-state index is 11.9. The van der Waals surface area contributed by atoms with E-state index in [-0.39, 0.29) is 11.5 Å². The van der Waals surface area contributed by atoms with Crippen molar-refractivity contribution in [3.8, 4) is 0 Å². The third-order valence-corrected chi connectivity index (χ3v) is 5.38. The van der Waals surface area contributed by atoms with E-state index in [4.69, 9.17) is 5.11 Å². The number of benzene rings is 2. The van der Waals surface area contributed by atoms with Gasteiger partial charge in [-0.2, -0.15) is 12.8 Å². The minimum absolute atomic E-state index is 0.0108. The lowest BCUT2D eigenvalue weighted by molar-refractivity contribution is 0.282. The predicted octanol–water partition coefficient (Wildman–Crippen LogP) is 2.42. The summed E-state index contributed by atoms with van der Waals surface area (Å²) >= 11 is 1.30. The molecule has 6 heteroatoms. The first kappa shape index (κ1) is 13.4. The highest BCUT2D eigenvalue weighted by molar-refractivity contribution is 8.15. The second-order valence-corrected chi connectivity index (χ2v) is 6.91. The van der Waals surface area contributed by atoms with Crippen LogP contribution >= 0.6 is 11.8 Å². The van der Waals surface area contributed by atoms with Gasteiger partial charge < -0.3 is 5.11 Å². The monoisotopic (exact) mass is 305 g/mol. The maximum absolute atomic E-state index is 11.9. The second kappa shape index (κ2) is 5.05. The fraction of sp³-hybridized carbons (Fsp3) is 0.0714. The molecule has 0 saturated heterocycles. The molecule has 0 fully saturated rings. The molecule has 0 aliphatic carbocycles. The molecule has 0 saturated carbocycles. The van der Waals surface area contributed by atoms with Crippen molar-refractivity contribution in [3.05, 3.63) is 59.7 Å². The number of aliphatic hydroxyl groups is 1. The molecule has 2 aromatic carbocycles. The van der Waals surface area contributed by atoms with Gasteiger partial charge >= 0.3 is 0 Å². The van der Waals surface area contributed by atoms with Gasteiger partial charge in [0.05, 0.1) is 11.5 Å². The van der Waals surface area contributed by atoms with Crippen LogP contribution in [0.15, 0.2) is 62.7 Å². The van der Waals surface area contributed by atoms with Crippen molar-refractivity contribution in [2.24, 2.45) is 4.40 Å². The number of hydrogen-bond acceptors (Lipinski definition) is 4. The Morgan fingerprint density at radius 3 is 2.45 bits per heavy atom. The van der Waals surface area contributed by atoms with Crippen LogP contribution in [0.5, 0.6) is 0 Å². The number of fused-ring (bicyclic) bond motifs is 1. The van der Waals surface area contributed by atoms with E-state index in [9.17, 15) is 8.42 Å².